The first-order valence-electron chi connectivity index (χ1n) is 10.5. The Morgan fingerprint density at radius 2 is 1.72 bits per heavy atom. The normalized spacial score (nSPS) is 23.5. The molecular formula is C24H29N3O2. The summed E-state index contributed by atoms with van der Waals surface area (Å²) in [4.78, 5) is 5.00. The van der Waals surface area contributed by atoms with Gasteiger partial charge in [-0.1, -0.05) is 6.07 Å². The van der Waals surface area contributed by atoms with Crippen molar-refractivity contribution in [2.45, 2.75) is 50.6 Å². The van der Waals surface area contributed by atoms with Crippen LogP contribution in [-0.4, -0.2) is 35.9 Å². The largest absolute Gasteiger partial charge is 0.493 e. The minimum atomic E-state index is 0.649. The molecule has 29 heavy (non-hydrogen) atoms. The number of imidazole rings is 1. The topological polar surface area (TPSA) is 48.3 Å². The Hall–Kier alpha value is -2.53. The second-order valence-corrected chi connectivity index (χ2v) is 8.58. The van der Waals surface area contributed by atoms with E-state index in [0.717, 1.165) is 28.4 Å². The molecule has 2 aliphatic heterocycles. The van der Waals surface area contributed by atoms with Crippen molar-refractivity contribution in [1.82, 2.24) is 14.9 Å². The number of methoxy groups -OCH3 is 2. The second kappa shape index (κ2) is 7.06. The predicted molar refractivity (Wildman–Crippen MR) is 116 cm³/mol. The molecule has 0 aliphatic carbocycles. The van der Waals surface area contributed by atoms with Crippen LogP contribution >= 0.6 is 0 Å². The van der Waals surface area contributed by atoms with Crippen LogP contribution in [0.15, 0.2) is 30.3 Å². The van der Waals surface area contributed by atoms with Crippen molar-refractivity contribution in [2.75, 3.05) is 14.2 Å². The summed E-state index contributed by atoms with van der Waals surface area (Å²) in [6.45, 7) is 2.19. The fourth-order valence-electron chi connectivity index (χ4n) is 5.28. The van der Waals surface area contributed by atoms with Crippen molar-refractivity contribution in [3.63, 3.8) is 0 Å². The van der Waals surface area contributed by atoms with Gasteiger partial charge in [0.25, 0.3) is 0 Å². The van der Waals surface area contributed by atoms with Crippen LogP contribution in [0, 0.1) is 6.92 Å². The number of piperidine rings is 1. The zero-order valence-electron chi connectivity index (χ0n) is 17.7. The molecule has 1 N–H and O–H groups in total. The Bertz CT molecular complexity index is 1060. The van der Waals surface area contributed by atoms with E-state index in [4.69, 9.17) is 14.5 Å². The van der Waals surface area contributed by atoms with Crippen molar-refractivity contribution in [3.05, 3.63) is 41.5 Å². The van der Waals surface area contributed by atoms with E-state index in [1.165, 1.54) is 42.3 Å². The first-order chi connectivity index (χ1) is 14.1. The highest BCUT2D eigenvalue weighted by Gasteiger charge is 2.34. The van der Waals surface area contributed by atoms with E-state index in [0.29, 0.717) is 18.0 Å². The van der Waals surface area contributed by atoms with Gasteiger partial charge in [0, 0.05) is 24.7 Å². The van der Waals surface area contributed by atoms with Gasteiger partial charge in [-0.15, -0.1) is 0 Å². The summed E-state index contributed by atoms with van der Waals surface area (Å²) in [5.74, 6) is 3.05. The van der Waals surface area contributed by atoms with Gasteiger partial charge >= 0.3 is 0 Å². The van der Waals surface area contributed by atoms with Crippen molar-refractivity contribution in [1.29, 1.82) is 0 Å². The molecule has 1 aromatic heterocycles. The van der Waals surface area contributed by atoms with Crippen LogP contribution in [0.5, 0.6) is 11.5 Å². The SMILES string of the molecule is COc1ccc(-c2nc3c(C)cc(C4CC5CCC(C4)N5)cc3n2C)cc1OC. The molecule has 152 valence electrons. The van der Waals surface area contributed by atoms with Gasteiger partial charge in [0.15, 0.2) is 11.5 Å². The predicted octanol–water partition coefficient (Wildman–Crippen LogP) is 4.56. The van der Waals surface area contributed by atoms with Gasteiger partial charge in [-0.05, 0) is 73.9 Å². The Morgan fingerprint density at radius 1 is 1.00 bits per heavy atom. The van der Waals surface area contributed by atoms with Crippen LogP contribution in [-0.2, 0) is 7.05 Å². The summed E-state index contributed by atoms with van der Waals surface area (Å²) in [7, 11) is 5.43. The molecule has 2 bridgehead atoms. The maximum atomic E-state index is 5.49. The standard InChI is InChI=1S/C24H29N3O2/c1-14-9-16(17-10-18-6-7-19(11-17)25-18)12-20-23(14)26-24(27(20)2)15-5-8-21(28-3)22(13-15)29-4/h5,8-9,12-13,17-19,25H,6-7,10-11H2,1-4H3. The Kier molecular flexibility index (Phi) is 4.50. The smallest absolute Gasteiger partial charge is 0.161 e. The van der Waals surface area contributed by atoms with Gasteiger partial charge in [0.05, 0.1) is 25.3 Å². The lowest BCUT2D eigenvalue weighted by Gasteiger charge is -2.29. The summed E-state index contributed by atoms with van der Waals surface area (Å²) in [5.41, 5.74) is 6.04. The van der Waals surface area contributed by atoms with Crippen LogP contribution in [0.4, 0.5) is 0 Å². The van der Waals surface area contributed by atoms with Crippen LogP contribution in [0.3, 0.4) is 0 Å². The monoisotopic (exact) mass is 391 g/mol. The number of benzene rings is 2. The lowest BCUT2D eigenvalue weighted by molar-refractivity contribution is 0.355. The minimum absolute atomic E-state index is 0.649. The van der Waals surface area contributed by atoms with Gasteiger partial charge in [-0.2, -0.15) is 0 Å². The summed E-state index contributed by atoms with van der Waals surface area (Å²) < 4.78 is 13.1. The van der Waals surface area contributed by atoms with Gasteiger partial charge < -0.3 is 19.4 Å². The number of fused-ring (bicyclic) bond motifs is 3. The average Bonchev–Trinajstić information content (AvgIpc) is 3.26. The Labute approximate surface area is 172 Å². The second-order valence-electron chi connectivity index (χ2n) is 8.58. The minimum Gasteiger partial charge on any atom is -0.493 e. The number of hydrogen-bond acceptors (Lipinski definition) is 4. The quantitative estimate of drug-likeness (QED) is 0.708. The molecule has 2 fully saturated rings. The number of nitrogens with zero attached hydrogens (tertiary/aromatic N) is 2. The number of aryl methyl sites for hydroxylation is 2. The third-order valence-corrected chi connectivity index (χ3v) is 6.79. The number of ether oxygens (including phenoxy) is 2. The molecule has 5 rings (SSSR count). The zero-order chi connectivity index (χ0) is 20.1. The third-order valence-electron chi connectivity index (χ3n) is 6.79. The number of hydrogen-bond donors (Lipinski definition) is 1. The Morgan fingerprint density at radius 3 is 2.41 bits per heavy atom. The van der Waals surface area contributed by atoms with E-state index in [2.05, 4.69) is 36.0 Å². The van der Waals surface area contributed by atoms with E-state index in [1.54, 1.807) is 14.2 Å². The van der Waals surface area contributed by atoms with E-state index in [9.17, 15) is 0 Å². The molecule has 2 atom stereocenters. The van der Waals surface area contributed by atoms with Crippen LogP contribution in [0.2, 0.25) is 0 Å². The molecule has 0 amide bonds. The van der Waals surface area contributed by atoms with Crippen molar-refractivity contribution >= 4 is 11.0 Å². The van der Waals surface area contributed by atoms with Gasteiger partial charge in [-0.3, -0.25) is 0 Å². The van der Waals surface area contributed by atoms with Crippen LogP contribution < -0.4 is 14.8 Å². The maximum Gasteiger partial charge on any atom is 0.161 e. The molecule has 0 saturated carbocycles. The van der Waals surface area contributed by atoms with Gasteiger partial charge in [0.1, 0.15) is 5.82 Å². The summed E-state index contributed by atoms with van der Waals surface area (Å²) in [5, 5.41) is 3.76. The highest BCUT2D eigenvalue weighted by Crippen LogP contribution is 2.39. The average molecular weight is 392 g/mol. The van der Waals surface area contributed by atoms with E-state index in [-0.39, 0.29) is 0 Å². The fraction of sp³-hybridized carbons (Fsp3) is 0.458. The molecule has 2 aromatic carbocycles. The van der Waals surface area contributed by atoms with Gasteiger partial charge in [0.2, 0.25) is 0 Å². The molecule has 5 nitrogen and oxygen atoms in total. The van der Waals surface area contributed by atoms with Gasteiger partial charge in [-0.25, -0.2) is 4.98 Å². The van der Waals surface area contributed by atoms with E-state index >= 15 is 0 Å². The molecule has 2 unspecified atom stereocenters. The lowest BCUT2D eigenvalue weighted by atomic mass is 9.85. The first-order valence-corrected chi connectivity index (χ1v) is 10.5. The molecule has 3 aromatic rings. The molecule has 0 radical (unpaired) electrons. The number of nitrogens with one attached hydrogen (secondary N) is 1. The summed E-state index contributed by atoms with van der Waals surface area (Å²) >= 11 is 0. The van der Waals surface area contributed by atoms with Crippen molar-refractivity contribution < 1.29 is 9.47 Å². The van der Waals surface area contributed by atoms with Crippen molar-refractivity contribution in [2.24, 2.45) is 7.05 Å². The molecule has 3 heterocycles. The maximum absolute atomic E-state index is 5.49. The third kappa shape index (κ3) is 3.08. The van der Waals surface area contributed by atoms with E-state index in [1.807, 2.05) is 18.2 Å². The highest BCUT2D eigenvalue weighted by molar-refractivity contribution is 5.84. The fourth-order valence-corrected chi connectivity index (χ4v) is 5.28. The number of aromatic nitrogens is 2. The van der Waals surface area contributed by atoms with Crippen LogP contribution in [0.25, 0.3) is 22.4 Å². The van der Waals surface area contributed by atoms with Crippen LogP contribution in [0.1, 0.15) is 42.7 Å². The summed E-state index contributed by atoms with van der Waals surface area (Å²) in [6, 6.07) is 12.1. The molecule has 2 aliphatic rings. The highest BCUT2D eigenvalue weighted by atomic mass is 16.5. The lowest BCUT2D eigenvalue weighted by Crippen LogP contribution is -2.37. The first kappa shape index (κ1) is 18.5. The molecule has 0 spiro atoms. The summed E-state index contributed by atoms with van der Waals surface area (Å²) in [6.07, 6.45) is 5.17. The van der Waals surface area contributed by atoms with E-state index < -0.39 is 0 Å². The number of rotatable bonds is 4. The zero-order valence-corrected chi connectivity index (χ0v) is 17.7. The molecular weight excluding hydrogens is 362 g/mol. The Balaban J connectivity index is 1.57. The molecule has 2 saturated heterocycles. The molecule has 5 heteroatoms. The van der Waals surface area contributed by atoms with Crippen molar-refractivity contribution in [3.8, 4) is 22.9 Å².